The average Bonchev–Trinajstić information content (AvgIpc) is 3.16. The first-order chi connectivity index (χ1) is 8.29. The van der Waals surface area contributed by atoms with Crippen LogP contribution in [-0.4, -0.2) is 48.2 Å². The molecule has 1 amide bonds. The van der Waals surface area contributed by atoms with E-state index in [0.29, 0.717) is 24.1 Å². The van der Waals surface area contributed by atoms with E-state index in [2.05, 4.69) is 4.98 Å². The van der Waals surface area contributed by atoms with E-state index in [-0.39, 0.29) is 12.0 Å². The molecule has 0 unspecified atom stereocenters. The summed E-state index contributed by atoms with van der Waals surface area (Å²) < 4.78 is 10.5. The van der Waals surface area contributed by atoms with Gasteiger partial charge in [-0.1, -0.05) is 0 Å². The lowest BCUT2D eigenvalue weighted by atomic mass is 10.1. The monoisotopic (exact) mass is 234 g/mol. The van der Waals surface area contributed by atoms with Gasteiger partial charge in [-0.3, -0.25) is 4.79 Å². The van der Waals surface area contributed by atoms with Crippen molar-refractivity contribution in [2.75, 3.05) is 20.2 Å². The molecule has 17 heavy (non-hydrogen) atoms. The van der Waals surface area contributed by atoms with Gasteiger partial charge in [-0.2, -0.15) is 0 Å². The topological polar surface area (TPSA) is 55.0 Å². The van der Waals surface area contributed by atoms with Crippen molar-refractivity contribution >= 4 is 5.91 Å². The Morgan fingerprint density at radius 1 is 1.59 bits per heavy atom. The van der Waals surface area contributed by atoms with Gasteiger partial charge >= 0.3 is 0 Å². The van der Waals surface area contributed by atoms with Crippen LogP contribution in [-0.2, 0) is 4.74 Å². The van der Waals surface area contributed by atoms with Crippen LogP contribution < -0.4 is 4.74 Å². The third-order valence-corrected chi connectivity index (χ3v) is 3.25. The van der Waals surface area contributed by atoms with Crippen molar-refractivity contribution in [3.8, 4) is 5.88 Å². The van der Waals surface area contributed by atoms with E-state index >= 15 is 0 Å². The number of methoxy groups -OCH3 is 1. The normalized spacial score (nSPS) is 26.3. The van der Waals surface area contributed by atoms with Gasteiger partial charge in [0, 0.05) is 19.3 Å². The summed E-state index contributed by atoms with van der Waals surface area (Å²) >= 11 is 0. The Hall–Kier alpha value is -1.62. The molecule has 0 N–H and O–H groups in total. The highest BCUT2D eigenvalue weighted by molar-refractivity contribution is 5.96. The zero-order valence-electron chi connectivity index (χ0n) is 9.63. The van der Waals surface area contributed by atoms with Crippen LogP contribution in [0.5, 0.6) is 5.88 Å². The Kier molecular flexibility index (Phi) is 2.48. The van der Waals surface area contributed by atoms with Crippen LogP contribution >= 0.6 is 0 Å². The fourth-order valence-corrected chi connectivity index (χ4v) is 2.26. The Labute approximate surface area is 99.3 Å². The number of fused-ring (bicyclic) bond motifs is 1. The second-order valence-electron chi connectivity index (χ2n) is 4.31. The van der Waals surface area contributed by atoms with Crippen molar-refractivity contribution < 1.29 is 14.3 Å². The second kappa shape index (κ2) is 4.00. The summed E-state index contributed by atoms with van der Waals surface area (Å²) in [6, 6.07) is 3.49. The van der Waals surface area contributed by atoms with Crippen molar-refractivity contribution in [2.24, 2.45) is 0 Å². The Bertz CT molecular complexity index is 449. The number of likely N-dealkylation sites (tertiary alicyclic amines) is 1. The minimum Gasteiger partial charge on any atom is -0.480 e. The van der Waals surface area contributed by atoms with Gasteiger partial charge in [0.2, 0.25) is 5.88 Å². The van der Waals surface area contributed by atoms with Gasteiger partial charge in [0.05, 0.1) is 13.2 Å². The number of carbonyl (C=O) groups excluding carboxylic acids is 1. The van der Waals surface area contributed by atoms with Gasteiger partial charge in [-0.05, 0) is 18.6 Å². The summed E-state index contributed by atoms with van der Waals surface area (Å²) in [7, 11) is 1.52. The lowest BCUT2D eigenvalue weighted by Crippen LogP contribution is -2.39. The first-order valence-corrected chi connectivity index (χ1v) is 5.73. The highest BCUT2D eigenvalue weighted by Gasteiger charge is 2.44. The van der Waals surface area contributed by atoms with Gasteiger partial charge in [-0.15, -0.1) is 0 Å². The van der Waals surface area contributed by atoms with Crippen LogP contribution in [0.15, 0.2) is 18.3 Å². The van der Waals surface area contributed by atoms with Crippen LogP contribution in [0.3, 0.4) is 0 Å². The number of rotatable bonds is 2. The molecule has 2 atom stereocenters. The number of nitrogens with zero attached hydrogens (tertiary/aromatic N) is 2. The zero-order valence-corrected chi connectivity index (χ0v) is 9.63. The number of epoxide rings is 1. The standard InChI is InChI=1S/C12H14N2O3/c1-16-11-8(3-2-5-13-11)12(15)14-6-4-9-10(7-14)17-9/h2-3,5,9-10H,4,6-7H2,1H3/t9-,10-/m0/s1. The molecule has 2 fully saturated rings. The molecule has 0 radical (unpaired) electrons. The molecular formula is C12H14N2O3. The Balaban J connectivity index is 1.80. The van der Waals surface area contributed by atoms with Gasteiger partial charge in [-0.25, -0.2) is 4.98 Å². The third-order valence-electron chi connectivity index (χ3n) is 3.25. The van der Waals surface area contributed by atoms with Crippen LogP contribution in [0.4, 0.5) is 0 Å². The van der Waals surface area contributed by atoms with Crippen molar-refractivity contribution in [1.82, 2.24) is 9.88 Å². The smallest absolute Gasteiger partial charge is 0.259 e. The lowest BCUT2D eigenvalue weighted by molar-refractivity contribution is 0.0732. The van der Waals surface area contributed by atoms with Crippen LogP contribution in [0.1, 0.15) is 16.8 Å². The number of carbonyl (C=O) groups is 1. The van der Waals surface area contributed by atoms with Gasteiger partial charge < -0.3 is 14.4 Å². The quantitative estimate of drug-likeness (QED) is 0.707. The molecule has 1 aromatic rings. The highest BCUT2D eigenvalue weighted by Crippen LogP contribution is 2.31. The van der Waals surface area contributed by atoms with E-state index in [4.69, 9.17) is 9.47 Å². The average molecular weight is 234 g/mol. The molecule has 2 aliphatic rings. The maximum Gasteiger partial charge on any atom is 0.259 e. The molecule has 3 rings (SSSR count). The predicted octanol–water partition coefficient (Wildman–Crippen LogP) is 0.703. The number of pyridine rings is 1. The van der Waals surface area contributed by atoms with E-state index < -0.39 is 0 Å². The van der Waals surface area contributed by atoms with Crippen LogP contribution in [0.25, 0.3) is 0 Å². The largest absolute Gasteiger partial charge is 0.480 e. The fourth-order valence-electron chi connectivity index (χ4n) is 2.26. The molecule has 0 bridgehead atoms. The van der Waals surface area contributed by atoms with Crippen LogP contribution in [0, 0.1) is 0 Å². The van der Waals surface area contributed by atoms with E-state index in [1.54, 1.807) is 18.3 Å². The molecule has 0 spiro atoms. The molecule has 2 aliphatic heterocycles. The summed E-state index contributed by atoms with van der Waals surface area (Å²) in [5, 5.41) is 0. The number of hydrogen-bond donors (Lipinski definition) is 0. The molecule has 2 saturated heterocycles. The summed E-state index contributed by atoms with van der Waals surface area (Å²) in [5.74, 6) is 0.361. The van der Waals surface area contributed by atoms with Crippen molar-refractivity contribution in [2.45, 2.75) is 18.6 Å². The number of hydrogen-bond acceptors (Lipinski definition) is 4. The predicted molar refractivity (Wildman–Crippen MR) is 60.0 cm³/mol. The molecule has 0 aliphatic carbocycles. The summed E-state index contributed by atoms with van der Waals surface area (Å²) in [6.07, 6.45) is 3.18. The summed E-state index contributed by atoms with van der Waals surface area (Å²) in [4.78, 5) is 18.1. The first kappa shape index (κ1) is 10.5. The molecule has 1 aromatic heterocycles. The Morgan fingerprint density at radius 2 is 2.47 bits per heavy atom. The van der Waals surface area contributed by atoms with Crippen molar-refractivity contribution in [3.05, 3.63) is 23.9 Å². The zero-order chi connectivity index (χ0) is 11.8. The van der Waals surface area contributed by atoms with E-state index in [9.17, 15) is 4.79 Å². The number of piperidine rings is 1. The van der Waals surface area contributed by atoms with Gasteiger partial charge in [0.15, 0.2) is 0 Å². The second-order valence-corrected chi connectivity index (χ2v) is 4.31. The summed E-state index contributed by atoms with van der Waals surface area (Å²) in [5.41, 5.74) is 0.522. The third kappa shape index (κ3) is 1.86. The van der Waals surface area contributed by atoms with E-state index in [0.717, 1.165) is 13.0 Å². The number of amides is 1. The van der Waals surface area contributed by atoms with Crippen molar-refractivity contribution in [3.63, 3.8) is 0 Å². The minimum absolute atomic E-state index is 0.0242. The van der Waals surface area contributed by atoms with Crippen molar-refractivity contribution in [1.29, 1.82) is 0 Å². The van der Waals surface area contributed by atoms with E-state index in [1.807, 2.05) is 4.90 Å². The molecule has 3 heterocycles. The maximum atomic E-state index is 12.3. The van der Waals surface area contributed by atoms with E-state index in [1.165, 1.54) is 7.11 Å². The SMILES string of the molecule is COc1ncccc1C(=O)N1CC[C@@H]2O[C@H]2C1. The van der Waals surface area contributed by atoms with Gasteiger partial charge in [0.1, 0.15) is 11.7 Å². The molecular weight excluding hydrogens is 220 g/mol. The fraction of sp³-hybridized carbons (Fsp3) is 0.500. The minimum atomic E-state index is -0.0242. The highest BCUT2D eigenvalue weighted by atomic mass is 16.6. The molecule has 0 aromatic carbocycles. The molecule has 90 valence electrons. The number of ether oxygens (including phenoxy) is 2. The maximum absolute atomic E-state index is 12.3. The molecule has 5 nitrogen and oxygen atoms in total. The molecule has 0 saturated carbocycles. The summed E-state index contributed by atoms with van der Waals surface area (Å²) in [6.45, 7) is 1.43. The first-order valence-electron chi connectivity index (χ1n) is 5.73. The Morgan fingerprint density at radius 3 is 3.24 bits per heavy atom. The number of aromatic nitrogens is 1. The van der Waals surface area contributed by atoms with Crippen LogP contribution in [0.2, 0.25) is 0 Å². The molecule has 5 heteroatoms. The van der Waals surface area contributed by atoms with Gasteiger partial charge in [0.25, 0.3) is 5.91 Å². The lowest BCUT2D eigenvalue weighted by Gasteiger charge is -2.24.